The summed E-state index contributed by atoms with van der Waals surface area (Å²) < 4.78 is 38.9. The molecule has 2 aliphatic heterocycles. The minimum atomic E-state index is -3.41. The summed E-state index contributed by atoms with van der Waals surface area (Å²) >= 11 is 0. The first-order valence-electron chi connectivity index (χ1n) is 9.69. The largest absolute Gasteiger partial charge is 0.388 e. The van der Waals surface area contributed by atoms with Crippen LogP contribution in [0.15, 0.2) is 53.4 Å². The van der Waals surface area contributed by atoms with Gasteiger partial charge in [0.2, 0.25) is 0 Å². The fraction of sp³-hybridized carbons (Fsp3) is 0.429. The number of rotatable bonds is 4. The zero-order valence-electron chi connectivity index (χ0n) is 15.7. The van der Waals surface area contributed by atoms with Gasteiger partial charge in [0.25, 0.3) is 0 Å². The molecule has 0 saturated carbocycles. The molecule has 5 nitrogen and oxygen atoms in total. The van der Waals surface area contributed by atoms with Crippen molar-refractivity contribution < 1.29 is 17.9 Å². The van der Waals surface area contributed by atoms with Gasteiger partial charge in [-0.05, 0) is 55.3 Å². The van der Waals surface area contributed by atoms with Crippen molar-refractivity contribution >= 4 is 15.5 Å². The minimum Gasteiger partial charge on any atom is -0.388 e. The molecule has 2 aliphatic rings. The van der Waals surface area contributed by atoms with Crippen molar-refractivity contribution in [1.29, 1.82) is 0 Å². The molecule has 1 saturated heterocycles. The van der Waals surface area contributed by atoms with Crippen LogP contribution in [0.3, 0.4) is 0 Å². The van der Waals surface area contributed by atoms with Gasteiger partial charge in [0.15, 0.2) is 9.84 Å². The Morgan fingerprint density at radius 2 is 1.68 bits per heavy atom. The van der Waals surface area contributed by atoms with Gasteiger partial charge in [0, 0.05) is 31.9 Å². The highest BCUT2D eigenvalue weighted by Crippen LogP contribution is 2.37. The molecule has 4 rings (SSSR count). The normalized spacial score (nSPS) is 24.7. The Kier molecular flexibility index (Phi) is 5.40. The number of nitrogens with zero attached hydrogens (tertiary/aromatic N) is 2. The SMILES string of the molecule is O=S1(=O)c2ccccc2C(O)CC1CCN1CCN(c2ccc(F)cc2)CC1. The second-order valence-corrected chi connectivity index (χ2v) is 9.75. The molecular weight excluding hydrogens is 379 g/mol. The van der Waals surface area contributed by atoms with Gasteiger partial charge in [-0.25, -0.2) is 12.8 Å². The molecule has 0 bridgehead atoms. The summed E-state index contributed by atoms with van der Waals surface area (Å²) in [6, 6.07) is 13.3. The first-order valence-corrected chi connectivity index (χ1v) is 11.2. The van der Waals surface area contributed by atoms with Crippen molar-refractivity contribution in [2.75, 3.05) is 37.6 Å². The predicted octanol–water partition coefficient (Wildman–Crippen LogP) is 2.62. The van der Waals surface area contributed by atoms with E-state index >= 15 is 0 Å². The van der Waals surface area contributed by atoms with Gasteiger partial charge in [0.1, 0.15) is 5.82 Å². The van der Waals surface area contributed by atoms with E-state index < -0.39 is 21.2 Å². The third-order valence-electron chi connectivity index (χ3n) is 5.84. The summed E-state index contributed by atoms with van der Waals surface area (Å²) in [5.41, 5.74) is 1.53. The molecule has 28 heavy (non-hydrogen) atoms. The highest BCUT2D eigenvalue weighted by Gasteiger charge is 2.37. The summed E-state index contributed by atoms with van der Waals surface area (Å²) in [6.07, 6.45) is 0.0548. The van der Waals surface area contributed by atoms with Crippen molar-refractivity contribution in [3.8, 4) is 0 Å². The number of hydrogen-bond donors (Lipinski definition) is 1. The number of aliphatic hydroxyl groups is 1. The lowest BCUT2D eigenvalue weighted by atomic mass is 10.0. The predicted molar refractivity (Wildman–Crippen MR) is 107 cm³/mol. The molecule has 7 heteroatoms. The maximum Gasteiger partial charge on any atom is 0.181 e. The van der Waals surface area contributed by atoms with Crippen LogP contribution in [0.4, 0.5) is 10.1 Å². The van der Waals surface area contributed by atoms with Crippen LogP contribution in [-0.4, -0.2) is 56.4 Å². The average molecular weight is 405 g/mol. The van der Waals surface area contributed by atoms with Gasteiger partial charge < -0.3 is 10.0 Å². The molecule has 1 fully saturated rings. The fourth-order valence-electron chi connectivity index (χ4n) is 4.18. The van der Waals surface area contributed by atoms with Crippen LogP contribution < -0.4 is 4.90 Å². The van der Waals surface area contributed by atoms with Gasteiger partial charge in [0.05, 0.1) is 16.2 Å². The minimum absolute atomic E-state index is 0.236. The molecule has 150 valence electrons. The van der Waals surface area contributed by atoms with Crippen molar-refractivity contribution in [3.63, 3.8) is 0 Å². The second-order valence-electron chi connectivity index (χ2n) is 7.55. The number of hydrogen-bond acceptors (Lipinski definition) is 5. The number of benzene rings is 2. The van der Waals surface area contributed by atoms with E-state index in [1.807, 2.05) is 0 Å². The molecule has 2 unspecified atom stereocenters. The quantitative estimate of drug-likeness (QED) is 0.849. The summed E-state index contributed by atoms with van der Waals surface area (Å²) in [6.45, 7) is 4.02. The topological polar surface area (TPSA) is 60.9 Å². The molecule has 2 atom stereocenters. The molecule has 2 aromatic carbocycles. The Morgan fingerprint density at radius 3 is 2.39 bits per heavy atom. The molecule has 0 amide bonds. The summed E-state index contributed by atoms with van der Waals surface area (Å²) in [4.78, 5) is 4.76. The van der Waals surface area contributed by atoms with Crippen LogP contribution in [0, 0.1) is 5.82 Å². The third kappa shape index (κ3) is 3.79. The zero-order valence-corrected chi connectivity index (χ0v) is 16.5. The molecule has 1 N–H and O–H groups in total. The lowest BCUT2D eigenvalue weighted by Gasteiger charge is -2.37. The number of piperazine rings is 1. The number of sulfone groups is 1. The Bertz CT molecular complexity index is 925. The maximum absolute atomic E-state index is 13.1. The monoisotopic (exact) mass is 404 g/mol. The Balaban J connectivity index is 1.35. The van der Waals surface area contributed by atoms with Crippen LogP contribution in [0.1, 0.15) is 24.5 Å². The van der Waals surface area contributed by atoms with Gasteiger partial charge in [-0.15, -0.1) is 0 Å². The standard InChI is InChI=1S/C21H25FN2O3S/c22-16-5-7-17(8-6-16)24-13-11-23(12-14-24)10-9-18-15-20(25)19-3-1-2-4-21(19)28(18,26)27/h1-8,18,20,25H,9-15H2. The van der Waals surface area contributed by atoms with E-state index in [4.69, 9.17) is 0 Å². The maximum atomic E-state index is 13.1. The number of aliphatic hydroxyl groups excluding tert-OH is 1. The van der Waals surface area contributed by atoms with Crippen molar-refractivity contribution in [1.82, 2.24) is 4.90 Å². The van der Waals surface area contributed by atoms with Crippen LogP contribution in [0.2, 0.25) is 0 Å². The van der Waals surface area contributed by atoms with E-state index in [1.54, 1.807) is 36.4 Å². The third-order valence-corrected chi connectivity index (χ3v) is 8.13. The molecule has 0 radical (unpaired) electrons. The highest BCUT2D eigenvalue weighted by molar-refractivity contribution is 7.92. The van der Waals surface area contributed by atoms with Crippen LogP contribution in [-0.2, 0) is 9.84 Å². The van der Waals surface area contributed by atoms with Crippen molar-refractivity contribution in [2.24, 2.45) is 0 Å². The van der Waals surface area contributed by atoms with Gasteiger partial charge >= 0.3 is 0 Å². The molecule has 2 aromatic rings. The lowest BCUT2D eigenvalue weighted by molar-refractivity contribution is 0.154. The first kappa shape index (κ1) is 19.4. The molecule has 0 aliphatic carbocycles. The molecule has 0 spiro atoms. The smallest absolute Gasteiger partial charge is 0.181 e. The Hall–Kier alpha value is -1.96. The molecule has 2 heterocycles. The highest BCUT2D eigenvalue weighted by atomic mass is 32.2. The van der Waals surface area contributed by atoms with Crippen molar-refractivity contribution in [3.05, 3.63) is 59.9 Å². The average Bonchev–Trinajstić information content (AvgIpc) is 2.71. The van der Waals surface area contributed by atoms with Gasteiger partial charge in [-0.1, -0.05) is 18.2 Å². The summed E-state index contributed by atoms with van der Waals surface area (Å²) in [5.74, 6) is -0.236. The van der Waals surface area contributed by atoms with E-state index in [2.05, 4.69) is 9.80 Å². The van der Waals surface area contributed by atoms with E-state index in [0.717, 1.165) is 31.9 Å². The lowest BCUT2D eigenvalue weighted by Crippen LogP contribution is -2.47. The Labute approximate surface area is 165 Å². The summed E-state index contributed by atoms with van der Waals surface area (Å²) in [7, 11) is -3.41. The molecular formula is C21H25FN2O3S. The zero-order chi connectivity index (χ0) is 19.7. The molecule has 0 aromatic heterocycles. The Morgan fingerprint density at radius 1 is 1.00 bits per heavy atom. The number of fused-ring (bicyclic) bond motifs is 1. The van der Waals surface area contributed by atoms with Crippen LogP contribution >= 0.6 is 0 Å². The number of halogens is 1. The second kappa shape index (κ2) is 7.81. The number of anilines is 1. The van der Waals surface area contributed by atoms with Crippen molar-refractivity contribution in [2.45, 2.75) is 29.1 Å². The van der Waals surface area contributed by atoms with E-state index in [-0.39, 0.29) is 17.1 Å². The van der Waals surface area contributed by atoms with Crippen LogP contribution in [0.25, 0.3) is 0 Å². The summed E-state index contributed by atoms with van der Waals surface area (Å²) in [5, 5.41) is 9.82. The van der Waals surface area contributed by atoms with E-state index in [0.29, 0.717) is 18.5 Å². The van der Waals surface area contributed by atoms with E-state index in [9.17, 15) is 17.9 Å². The first-order chi connectivity index (χ1) is 13.4. The van der Waals surface area contributed by atoms with E-state index in [1.165, 1.54) is 12.1 Å². The fourth-order valence-corrected chi connectivity index (χ4v) is 6.19. The van der Waals surface area contributed by atoms with Gasteiger partial charge in [-0.3, -0.25) is 4.90 Å². The van der Waals surface area contributed by atoms with Gasteiger partial charge in [-0.2, -0.15) is 0 Å². The van der Waals surface area contributed by atoms with Crippen LogP contribution in [0.5, 0.6) is 0 Å².